The second-order valence-corrected chi connectivity index (χ2v) is 9.09. The van der Waals surface area contributed by atoms with E-state index in [1.54, 1.807) is 0 Å². The maximum absolute atomic E-state index is 12.5. The molecule has 0 bridgehead atoms. The van der Waals surface area contributed by atoms with Gasteiger partial charge in [-0.15, -0.1) is 6.42 Å². The number of amides is 1. The zero-order chi connectivity index (χ0) is 20.5. The van der Waals surface area contributed by atoms with Gasteiger partial charge in [0.1, 0.15) is 6.10 Å². The Bertz CT molecular complexity index is 764. The summed E-state index contributed by atoms with van der Waals surface area (Å²) in [5.41, 5.74) is 2.26. The zero-order valence-electron chi connectivity index (χ0n) is 17.2. The summed E-state index contributed by atoms with van der Waals surface area (Å²) in [6.45, 7) is 8.33. The normalized spacial score (nSPS) is 23.6. The number of fused-ring (bicyclic) bond motifs is 1. The fourth-order valence-electron chi connectivity index (χ4n) is 4.64. The molecule has 1 aliphatic carbocycles. The molecule has 0 aromatic heterocycles. The van der Waals surface area contributed by atoms with E-state index in [1.165, 1.54) is 16.2 Å². The lowest BCUT2D eigenvalue weighted by Gasteiger charge is -2.50. The molecule has 1 saturated heterocycles. The van der Waals surface area contributed by atoms with Crippen molar-refractivity contribution >= 4 is 11.8 Å². The largest absolute Gasteiger partial charge is 0.446 e. The molecule has 1 aliphatic heterocycles. The number of terminal acetylenes is 1. The molecule has 0 spiro atoms. The molecule has 0 saturated carbocycles. The summed E-state index contributed by atoms with van der Waals surface area (Å²) >= 11 is 0. The molecule has 1 atom stereocenters. The van der Waals surface area contributed by atoms with Crippen LogP contribution in [0.2, 0.25) is 0 Å². The van der Waals surface area contributed by atoms with Crippen molar-refractivity contribution in [1.82, 2.24) is 10.4 Å². The Morgan fingerprint density at radius 1 is 1.32 bits per heavy atom. The maximum Gasteiger partial charge on any atom is 0.411 e. The number of hydroxylamine groups is 2. The highest BCUT2D eigenvalue weighted by Gasteiger charge is 2.46. The van der Waals surface area contributed by atoms with Crippen LogP contribution >= 0.6 is 0 Å². The molecule has 1 heterocycles. The minimum Gasteiger partial charge on any atom is -0.446 e. The Morgan fingerprint density at radius 2 is 2.00 bits per heavy atom. The zero-order valence-corrected chi connectivity index (χ0v) is 17.2. The van der Waals surface area contributed by atoms with Crippen molar-refractivity contribution < 1.29 is 14.7 Å². The number of hydrogen-bond acceptors (Lipinski definition) is 5. The van der Waals surface area contributed by atoms with Gasteiger partial charge in [-0.05, 0) is 63.8 Å². The van der Waals surface area contributed by atoms with Crippen molar-refractivity contribution in [2.75, 3.05) is 11.9 Å². The van der Waals surface area contributed by atoms with Gasteiger partial charge >= 0.3 is 6.09 Å². The summed E-state index contributed by atoms with van der Waals surface area (Å²) < 4.78 is 5.70. The highest BCUT2D eigenvalue weighted by Crippen LogP contribution is 2.38. The molecule has 152 valence electrons. The monoisotopic (exact) mass is 385 g/mol. The quantitative estimate of drug-likeness (QED) is 0.687. The van der Waals surface area contributed by atoms with E-state index in [2.05, 4.69) is 22.6 Å². The van der Waals surface area contributed by atoms with Crippen LogP contribution in [0.25, 0.3) is 0 Å². The van der Waals surface area contributed by atoms with E-state index in [1.807, 2.05) is 39.8 Å². The van der Waals surface area contributed by atoms with Crippen molar-refractivity contribution in [3.8, 4) is 12.3 Å². The van der Waals surface area contributed by atoms with Gasteiger partial charge < -0.3 is 9.94 Å². The predicted molar refractivity (Wildman–Crippen MR) is 109 cm³/mol. The van der Waals surface area contributed by atoms with E-state index in [-0.39, 0.29) is 12.1 Å². The van der Waals surface area contributed by atoms with Gasteiger partial charge in [0, 0.05) is 35.6 Å². The van der Waals surface area contributed by atoms with E-state index in [0.29, 0.717) is 19.4 Å². The average Bonchev–Trinajstić information content (AvgIpc) is 2.99. The minimum atomic E-state index is -0.464. The van der Waals surface area contributed by atoms with Crippen LogP contribution in [0.3, 0.4) is 0 Å². The van der Waals surface area contributed by atoms with E-state index in [4.69, 9.17) is 11.2 Å². The molecule has 6 heteroatoms. The third-order valence-corrected chi connectivity index (χ3v) is 5.80. The minimum absolute atomic E-state index is 0.222. The Morgan fingerprint density at radius 3 is 2.64 bits per heavy atom. The summed E-state index contributed by atoms with van der Waals surface area (Å²) in [7, 11) is 0. The third-order valence-electron chi connectivity index (χ3n) is 5.80. The topological polar surface area (TPSA) is 73.8 Å². The number of carbonyl (C=O) groups excluding carboxylic acids is 1. The highest BCUT2D eigenvalue weighted by atomic mass is 16.6. The number of anilines is 1. The van der Waals surface area contributed by atoms with Gasteiger partial charge in [0.2, 0.25) is 0 Å². The summed E-state index contributed by atoms with van der Waals surface area (Å²) in [4.78, 5) is 12.5. The van der Waals surface area contributed by atoms with E-state index >= 15 is 0 Å². The van der Waals surface area contributed by atoms with Crippen LogP contribution in [0, 0.1) is 12.3 Å². The summed E-state index contributed by atoms with van der Waals surface area (Å²) in [6.07, 6.45) is 7.79. The van der Waals surface area contributed by atoms with Gasteiger partial charge in [0.15, 0.2) is 0 Å². The van der Waals surface area contributed by atoms with Crippen LogP contribution in [0.5, 0.6) is 0 Å². The molecule has 3 rings (SSSR count). The number of hydrogen-bond donors (Lipinski definition) is 3. The Labute approximate surface area is 167 Å². The first-order valence-electron chi connectivity index (χ1n) is 9.89. The van der Waals surface area contributed by atoms with Crippen LogP contribution in [0.15, 0.2) is 18.2 Å². The van der Waals surface area contributed by atoms with Gasteiger partial charge in [-0.1, -0.05) is 12.0 Å². The third kappa shape index (κ3) is 4.33. The standard InChI is InChI=1S/C22H31N3O3/c1-6-11-23-19-10-8-15-7-9-16(12-18(15)19)24-20(26)28-17-13-21(2,3)25(27)22(4,5)14-17/h1,7,9,12,17,19,23,27H,8,10-11,13-14H2,2-5H3,(H,24,26)/t19-/m1/s1. The lowest BCUT2D eigenvalue weighted by molar-refractivity contribution is -0.256. The average molecular weight is 386 g/mol. The number of rotatable bonds is 4. The predicted octanol–water partition coefficient (Wildman–Crippen LogP) is 3.86. The van der Waals surface area contributed by atoms with Crippen molar-refractivity contribution in [3.63, 3.8) is 0 Å². The molecule has 3 N–H and O–H groups in total. The van der Waals surface area contributed by atoms with E-state index in [9.17, 15) is 10.0 Å². The number of benzene rings is 1. The SMILES string of the molecule is C#CCN[C@@H]1CCc2ccc(NC(=O)OC3CC(C)(C)N(O)C(C)(C)C3)cc21. The van der Waals surface area contributed by atoms with Gasteiger partial charge in [0.25, 0.3) is 0 Å². The first kappa shape index (κ1) is 20.7. The molecular weight excluding hydrogens is 354 g/mol. The fraction of sp³-hybridized carbons (Fsp3) is 0.591. The van der Waals surface area contributed by atoms with Crippen molar-refractivity contribution in [3.05, 3.63) is 29.3 Å². The first-order valence-corrected chi connectivity index (χ1v) is 9.89. The molecule has 1 amide bonds. The van der Waals surface area contributed by atoms with Crippen molar-refractivity contribution in [2.45, 2.75) is 76.6 Å². The molecule has 1 fully saturated rings. The van der Waals surface area contributed by atoms with Crippen molar-refractivity contribution in [2.24, 2.45) is 0 Å². The Balaban J connectivity index is 1.64. The molecular formula is C22H31N3O3. The van der Waals surface area contributed by atoms with E-state index < -0.39 is 17.2 Å². The molecule has 6 nitrogen and oxygen atoms in total. The highest BCUT2D eigenvalue weighted by molar-refractivity contribution is 5.85. The van der Waals surface area contributed by atoms with E-state index in [0.717, 1.165) is 18.5 Å². The molecule has 2 aliphatic rings. The second-order valence-electron chi connectivity index (χ2n) is 9.09. The smallest absolute Gasteiger partial charge is 0.411 e. The fourth-order valence-corrected chi connectivity index (χ4v) is 4.64. The Kier molecular flexibility index (Phi) is 5.72. The van der Waals surface area contributed by atoms with Gasteiger partial charge in [0.05, 0.1) is 6.54 Å². The summed E-state index contributed by atoms with van der Waals surface area (Å²) in [5.74, 6) is 2.61. The number of ether oxygens (including phenoxy) is 1. The summed E-state index contributed by atoms with van der Waals surface area (Å²) in [6, 6.07) is 6.19. The first-order chi connectivity index (χ1) is 13.1. The second kappa shape index (κ2) is 7.75. The van der Waals surface area contributed by atoms with Crippen LogP contribution in [0.1, 0.15) is 64.1 Å². The molecule has 0 unspecified atom stereocenters. The van der Waals surface area contributed by atoms with Gasteiger partial charge in [-0.3, -0.25) is 10.6 Å². The number of piperidine rings is 1. The molecule has 1 aromatic rings. The number of carbonyl (C=O) groups is 1. The maximum atomic E-state index is 12.5. The van der Waals surface area contributed by atoms with Crippen LogP contribution in [0.4, 0.5) is 10.5 Å². The molecule has 28 heavy (non-hydrogen) atoms. The van der Waals surface area contributed by atoms with Crippen LogP contribution in [-0.2, 0) is 11.2 Å². The number of aryl methyl sites for hydroxylation is 1. The van der Waals surface area contributed by atoms with Crippen molar-refractivity contribution in [1.29, 1.82) is 0 Å². The van der Waals surface area contributed by atoms with Crippen LogP contribution < -0.4 is 10.6 Å². The molecule has 1 aromatic carbocycles. The van der Waals surface area contributed by atoms with Gasteiger partial charge in [-0.25, -0.2) is 4.79 Å². The van der Waals surface area contributed by atoms with Crippen LogP contribution in [-0.4, -0.2) is 40.1 Å². The van der Waals surface area contributed by atoms with Gasteiger partial charge in [-0.2, -0.15) is 5.06 Å². The number of nitrogens with one attached hydrogen (secondary N) is 2. The lowest BCUT2D eigenvalue weighted by atomic mass is 9.80. The lowest BCUT2D eigenvalue weighted by Crippen LogP contribution is -2.60. The Hall–Kier alpha value is -2.07. The molecule has 0 radical (unpaired) electrons. The summed E-state index contributed by atoms with van der Waals surface area (Å²) in [5, 5.41) is 18.0. The number of nitrogens with zero attached hydrogens (tertiary/aromatic N) is 1.